The van der Waals surface area contributed by atoms with Gasteiger partial charge in [0.25, 0.3) is 0 Å². The fourth-order valence-corrected chi connectivity index (χ4v) is 4.27. The summed E-state index contributed by atoms with van der Waals surface area (Å²) in [6.45, 7) is -0.616. The highest BCUT2D eigenvalue weighted by Crippen LogP contribution is 2.33. The lowest BCUT2D eigenvalue weighted by atomic mass is 10.0. The number of carbonyl (C=O) groups excluding carboxylic acids is 2. The first-order valence-electron chi connectivity index (χ1n) is 7.33. The Balaban J connectivity index is 1.62. The van der Waals surface area contributed by atoms with Crippen LogP contribution in [0.4, 0.5) is 4.79 Å². The number of aliphatic carboxylic acids is 1. The van der Waals surface area contributed by atoms with Crippen molar-refractivity contribution in [1.29, 1.82) is 0 Å². The zero-order valence-corrected chi connectivity index (χ0v) is 12.9. The van der Waals surface area contributed by atoms with Gasteiger partial charge >= 0.3 is 12.0 Å². The van der Waals surface area contributed by atoms with Gasteiger partial charge in [0.15, 0.2) is 0 Å². The van der Waals surface area contributed by atoms with Crippen LogP contribution in [0, 0.1) is 0 Å². The summed E-state index contributed by atoms with van der Waals surface area (Å²) in [5, 5.41) is 26.0. The fourth-order valence-electron chi connectivity index (χ4n) is 2.73. The number of aliphatic hydroxyl groups is 1. The third kappa shape index (κ3) is 4.26. The van der Waals surface area contributed by atoms with Crippen LogP contribution in [0.25, 0.3) is 0 Å². The van der Waals surface area contributed by atoms with Crippen LogP contribution < -0.4 is 16.0 Å². The van der Waals surface area contributed by atoms with Crippen LogP contribution in [0.3, 0.4) is 0 Å². The molecule has 0 unspecified atom stereocenters. The lowest BCUT2D eigenvalue weighted by Gasteiger charge is -2.16. The van der Waals surface area contributed by atoms with Gasteiger partial charge in [-0.05, 0) is 12.8 Å². The number of fused-ring (bicyclic) bond motifs is 1. The van der Waals surface area contributed by atoms with Crippen LogP contribution in [0.2, 0.25) is 0 Å². The quantitative estimate of drug-likeness (QED) is 0.295. The number of aliphatic hydroxyl groups excluding tert-OH is 1. The molecule has 0 aromatic rings. The largest absolute Gasteiger partial charge is 0.480 e. The molecule has 0 radical (unpaired) electrons. The van der Waals surface area contributed by atoms with Gasteiger partial charge in [-0.15, -0.1) is 0 Å². The maximum Gasteiger partial charge on any atom is 0.328 e. The Kier molecular flexibility index (Phi) is 5.90. The smallest absolute Gasteiger partial charge is 0.328 e. The van der Waals surface area contributed by atoms with Gasteiger partial charge < -0.3 is 26.2 Å². The molecular formula is C13H21N3O5S. The summed E-state index contributed by atoms with van der Waals surface area (Å²) in [5.41, 5.74) is 0. The van der Waals surface area contributed by atoms with Gasteiger partial charge in [-0.3, -0.25) is 4.79 Å². The van der Waals surface area contributed by atoms with Gasteiger partial charge in [0, 0.05) is 17.4 Å². The highest BCUT2D eigenvalue weighted by Gasteiger charge is 2.42. The molecule has 8 nitrogen and oxygen atoms in total. The number of nitrogens with one attached hydrogen (secondary N) is 3. The summed E-state index contributed by atoms with van der Waals surface area (Å²) in [6.07, 6.45) is 2.63. The van der Waals surface area contributed by atoms with E-state index in [-0.39, 0.29) is 30.4 Å². The fraction of sp³-hybridized carbons (Fsp3) is 0.769. The summed E-state index contributed by atoms with van der Waals surface area (Å²) in [4.78, 5) is 33.5. The summed E-state index contributed by atoms with van der Waals surface area (Å²) < 4.78 is 0. The second-order valence-corrected chi connectivity index (χ2v) is 6.78. The second-order valence-electron chi connectivity index (χ2n) is 5.51. The van der Waals surface area contributed by atoms with Crippen molar-refractivity contribution in [3.05, 3.63) is 0 Å². The number of hydrogen-bond donors (Lipinski definition) is 5. The van der Waals surface area contributed by atoms with Crippen molar-refractivity contribution in [3.8, 4) is 0 Å². The van der Waals surface area contributed by atoms with Crippen LogP contribution in [0.1, 0.15) is 25.7 Å². The van der Waals surface area contributed by atoms with Gasteiger partial charge in [0.1, 0.15) is 6.04 Å². The molecule has 5 N–H and O–H groups in total. The molecule has 0 aromatic carbocycles. The second kappa shape index (κ2) is 7.68. The van der Waals surface area contributed by atoms with Gasteiger partial charge in [-0.2, -0.15) is 11.8 Å². The minimum absolute atomic E-state index is 0.108. The van der Waals surface area contributed by atoms with E-state index in [1.807, 2.05) is 11.8 Å². The van der Waals surface area contributed by atoms with Crippen LogP contribution in [-0.2, 0) is 9.59 Å². The predicted octanol–water partition coefficient (Wildman–Crippen LogP) is -0.726. The predicted molar refractivity (Wildman–Crippen MR) is 80.6 cm³/mol. The molecule has 2 saturated heterocycles. The van der Waals surface area contributed by atoms with Crippen molar-refractivity contribution < 1.29 is 24.6 Å². The van der Waals surface area contributed by atoms with Gasteiger partial charge in [-0.25, -0.2) is 9.59 Å². The van der Waals surface area contributed by atoms with E-state index in [0.717, 1.165) is 18.6 Å². The van der Waals surface area contributed by atoms with Crippen molar-refractivity contribution in [2.75, 3.05) is 12.4 Å². The first-order chi connectivity index (χ1) is 10.5. The third-order valence-corrected chi connectivity index (χ3v) is 5.41. The highest BCUT2D eigenvalue weighted by molar-refractivity contribution is 8.00. The maximum absolute atomic E-state index is 11.6. The van der Waals surface area contributed by atoms with Gasteiger partial charge in [0.05, 0.1) is 18.7 Å². The Bertz CT molecular complexity index is 447. The first-order valence-corrected chi connectivity index (χ1v) is 8.38. The zero-order valence-electron chi connectivity index (χ0n) is 12.1. The molecule has 22 heavy (non-hydrogen) atoms. The summed E-state index contributed by atoms with van der Waals surface area (Å²) >= 11 is 1.82. The van der Waals surface area contributed by atoms with E-state index >= 15 is 0 Å². The number of unbranched alkanes of at least 4 members (excludes halogenated alkanes) is 1. The number of urea groups is 1. The van der Waals surface area contributed by atoms with E-state index in [1.165, 1.54) is 0 Å². The number of carboxylic acids is 1. The SMILES string of the molecule is O=C(CCCC[C@@H]1SC[C@@H]2NC(=O)N[C@@H]21)N[C@@H](CO)C(=O)O. The number of rotatable bonds is 8. The van der Waals surface area contributed by atoms with Crippen LogP contribution in [0.15, 0.2) is 0 Å². The Hall–Kier alpha value is -1.48. The van der Waals surface area contributed by atoms with Crippen molar-refractivity contribution in [1.82, 2.24) is 16.0 Å². The molecule has 9 heteroatoms. The summed E-state index contributed by atoms with van der Waals surface area (Å²) in [7, 11) is 0. The monoisotopic (exact) mass is 331 g/mol. The third-order valence-electron chi connectivity index (χ3n) is 3.90. The Morgan fingerprint density at radius 3 is 2.82 bits per heavy atom. The minimum Gasteiger partial charge on any atom is -0.480 e. The molecule has 2 heterocycles. The van der Waals surface area contributed by atoms with E-state index in [4.69, 9.17) is 10.2 Å². The number of carbonyl (C=O) groups is 3. The molecule has 0 aliphatic carbocycles. The Morgan fingerprint density at radius 2 is 2.14 bits per heavy atom. The Morgan fingerprint density at radius 1 is 1.36 bits per heavy atom. The Labute approximate surface area is 132 Å². The normalized spacial score (nSPS) is 27.7. The summed E-state index contributed by atoms with van der Waals surface area (Å²) in [5.74, 6) is -0.700. The molecule has 2 aliphatic rings. The number of amides is 3. The molecule has 3 amide bonds. The number of thioether (sulfide) groups is 1. The molecule has 2 aliphatic heterocycles. The lowest BCUT2D eigenvalue weighted by molar-refractivity contribution is -0.142. The molecule has 0 bridgehead atoms. The van der Waals surface area contributed by atoms with Crippen molar-refractivity contribution >= 4 is 29.7 Å². The zero-order chi connectivity index (χ0) is 16.1. The number of carboxylic acid groups (broad SMARTS) is 1. The minimum atomic E-state index is -1.24. The molecule has 2 rings (SSSR count). The molecule has 0 aromatic heterocycles. The number of hydrogen-bond acceptors (Lipinski definition) is 5. The van der Waals surface area contributed by atoms with Crippen LogP contribution >= 0.6 is 11.8 Å². The van der Waals surface area contributed by atoms with Crippen molar-refractivity contribution in [2.45, 2.75) is 49.1 Å². The van der Waals surface area contributed by atoms with Crippen LogP contribution in [0.5, 0.6) is 0 Å². The van der Waals surface area contributed by atoms with Crippen molar-refractivity contribution in [3.63, 3.8) is 0 Å². The van der Waals surface area contributed by atoms with E-state index < -0.39 is 18.6 Å². The highest BCUT2D eigenvalue weighted by atomic mass is 32.2. The molecule has 4 atom stereocenters. The molecule has 124 valence electrons. The summed E-state index contributed by atoms with van der Waals surface area (Å²) in [6, 6.07) is -0.981. The lowest BCUT2D eigenvalue weighted by Crippen LogP contribution is -2.43. The molecule has 0 spiro atoms. The molecule has 0 saturated carbocycles. The molecular weight excluding hydrogens is 310 g/mol. The van der Waals surface area contributed by atoms with Crippen LogP contribution in [-0.4, -0.2) is 63.9 Å². The standard InChI is InChI=1S/C13H21N3O5S/c17-5-7(12(19)20)14-10(18)4-2-1-3-9-11-8(6-22-9)15-13(21)16-11/h7-9,11,17H,1-6H2,(H,14,18)(H,19,20)(H2,15,16,21)/t7-,8-,9-,11-/m0/s1. The average Bonchev–Trinajstić information content (AvgIpc) is 3.00. The van der Waals surface area contributed by atoms with E-state index in [0.29, 0.717) is 11.7 Å². The van der Waals surface area contributed by atoms with Gasteiger partial charge in [-0.1, -0.05) is 6.42 Å². The van der Waals surface area contributed by atoms with E-state index in [2.05, 4.69) is 16.0 Å². The van der Waals surface area contributed by atoms with Crippen molar-refractivity contribution in [2.24, 2.45) is 0 Å². The van der Waals surface area contributed by atoms with E-state index in [1.54, 1.807) is 0 Å². The average molecular weight is 331 g/mol. The molecule has 2 fully saturated rings. The maximum atomic E-state index is 11.6. The first kappa shape index (κ1) is 16.9. The topological polar surface area (TPSA) is 128 Å². The van der Waals surface area contributed by atoms with E-state index in [9.17, 15) is 14.4 Å². The van der Waals surface area contributed by atoms with Gasteiger partial charge in [0.2, 0.25) is 5.91 Å².